The van der Waals surface area contributed by atoms with Crippen LogP contribution in [-0.4, -0.2) is 29.3 Å². The summed E-state index contributed by atoms with van der Waals surface area (Å²) >= 11 is 1.65. The number of amides is 3. The summed E-state index contributed by atoms with van der Waals surface area (Å²) in [6.07, 6.45) is 3.01. The third-order valence-corrected chi connectivity index (χ3v) is 6.00. The smallest absolute Gasteiger partial charge is 0.240 e. The fraction of sp³-hybridized carbons (Fsp3) is 0.381. The summed E-state index contributed by atoms with van der Waals surface area (Å²) in [5.74, 6) is -0.762. The molecule has 0 radical (unpaired) electrons. The molecule has 28 heavy (non-hydrogen) atoms. The van der Waals surface area contributed by atoms with Crippen LogP contribution in [0.4, 0.5) is 0 Å². The van der Waals surface area contributed by atoms with Gasteiger partial charge in [-0.05, 0) is 29.9 Å². The molecule has 0 bridgehead atoms. The first-order chi connectivity index (χ1) is 13.5. The average Bonchev–Trinajstić information content (AvgIpc) is 3.31. The zero-order chi connectivity index (χ0) is 20.0. The number of hydrogen-bond acceptors (Lipinski definition) is 4. The number of carbonyl (C=O) groups is 3. The van der Waals surface area contributed by atoms with Crippen molar-refractivity contribution in [2.75, 3.05) is 0 Å². The summed E-state index contributed by atoms with van der Waals surface area (Å²) in [6, 6.07) is 12.7. The van der Waals surface area contributed by atoms with Crippen LogP contribution >= 0.6 is 11.3 Å². The highest BCUT2D eigenvalue weighted by molar-refractivity contribution is 7.09. The molecule has 1 aromatic heterocycles. The minimum absolute atomic E-state index is 0.0241. The molecule has 1 fully saturated rings. The number of rotatable bonds is 9. The zero-order valence-corrected chi connectivity index (χ0v) is 16.5. The minimum atomic E-state index is -0.749. The van der Waals surface area contributed by atoms with E-state index in [1.54, 1.807) is 11.3 Å². The molecule has 1 aliphatic rings. The third kappa shape index (κ3) is 5.42. The van der Waals surface area contributed by atoms with Gasteiger partial charge in [-0.25, -0.2) is 0 Å². The van der Waals surface area contributed by atoms with Crippen molar-refractivity contribution in [1.29, 1.82) is 0 Å². The maximum absolute atomic E-state index is 12.5. The fourth-order valence-electron chi connectivity index (χ4n) is 3.62. The van der Waals surface area contributed by atoms with Crippen molar-refractivity contribution in [3.8, 4) is 0 Å². The minimum Gasteiger partial charge on any atom is -0.368 e. The predicted molar refractivity (Wildman–Crippen MR) is 109 cm³/mol. The van der Waals surface area contributed by atoms with Gasteiger partial charge in [-0.3, -0.25) is 14.4 Å². The molecule has 3 rings (SSSR count). The Kier molecular flexibility index (Phi) is 6.46. The maximum Gasteiger partial charge on any atom is 0.240 e. The first-order valence-electron chi connectivity index (χ1n) is 9.42. The number of carbonyl (C=O) groups excluding carboxylic acids is 3. The average molecular weight is 400 g/mol. The van der Waals surface area contributed by atoms with E-state index in [9.17, 15) is 14.4 Å². The van der Waals surface area contributed by atoms with Crippen LogP contribution in [0.25, 0.3) is 0 Å². The van der Waals surface area contributed by atoms with E-state index in [0.29, 0.717) is 32.1 Å². The van der Waals surface area contributed by atoms with Crippen molar-refractivity contribution in [3.05, 3.63) is 58.3 Å². The van der Waals surface area contributed by atoms with Gasteiger partial charge in [0, 0.05) is 36.1 Å². The molecular formula is C21H25N3O3S. The van der Waals surface area contributed by atoms with Crippen LogP contribution in [0.15, 0.2) is 47.8 Å². The van der Waals surface area contributed by atoms with Crippen LogP contribution in [0.1, 0.15) is 36.1 Å². The Morgan fingerprint density at radius 1 is 1.21 bits per heavy atom. The molecule has 1 unspecified atom stereocenters. The van der Waals surface area contributed by atoms with Gasteiger partial charge in [0.05, 0.1) is 0 Å². The van der Waals surface area contributed by atoms with Gasteiger partial charge in [-0.2, -0.15) is 0 Å². The van der Waals surface area contributed by atoms with Crippen LogP contribution in [-0.2, 0) is 27.2 Å². The van der Waals surface area contributed by atoms with Crippen molar-refractivity contribution in [2.24, 2.45) is 5.73 Å². The first kappa shape index (κ1) is 20.1. The van der Waals surface area contributed by atoms with Crippen LogP contribution in [0.5, 0.6) is 0 Å². The standard InChI is InChI=1S/C21H25N3O3S/c22-20(27)17(13-15-5-2-1-3-6-15)23-18(25)8-10-21(11-9-19(26)24-21)14-16-7-4-12-28-16/h1-7,12,17H,8-11,13-14H2,(H2,22,27)(H,23,25)(H,24,26)/t17-,21?/m0/s1. The van der Waals surface area contributed by atoms with Gasteiger partial charge in [-0.1, -0.05) is 36.4 Å². The number of nitrogens with one attached hydrogen (secondary N) is 2. The highest BCUT2D eigenvalue weighted by atomic mass is 32.1. The van der Waals surface area contributed by atoms with Crippen molar-refractivity contribution in [2.45, 2.75) is 50.1 Å². The van der Waals surface area contributed by atoms with Crippen molar-refractivity contribution in [1.82, 2.24) is 10.6 Å². The van der Waals surface area contributed by atoms with Crippen LogP contribution < -0.4 is 16.4 Å². The Hall–Kier alpha value is -2.67. The molecule has 2 atom stereocenters. The summed E-state index contributed by atoms with van der Waals surface area (Å²) < 4.78 is 0. The SMILES string of the molecule is NC(=O)[C@H](Cc1ccccc1)NC(=O)CCC1(Cc2cccs2)CCC(=O)N1. The van der Waals surface area contributed by atoms with E-state index in [0.717, 1.165) is 5.56 Å². The van der Waals surface area contributed by atoms with Gasteiger partial charge in [0.2, 0.25) is 17.7 Å². The van der Waals surface area contributed by atoms with Gasteiger partial charge >= 0.3 is 0 Å². The molecular weight excluding hydrogens is 374 g/mol. The maximum atomic E-state index is 12.5. The number of thiophene rings is 1. The Bertz CT molecular complexity index is 823. The van der Waals surface area contributed by atoms with E-state index < -0.39 is 17.5 Å². The first-order valence-corrected chi connectivity index (χ1v) is 10.3. The molecule has 7 heteroatoms. The quantitative estimate of drug-likeness (QED) is 0.600. The Morgan fingerprint density at radius 3 is 2.61 bits per heavy atom. The molecule has 1 aromatic carbocycles. The summed E-state index contributed by atoms with van der Waals surface area (Å²) in [6.45, 7) is 0. The molecule has 1 aliphatic heterocycles. The number of nitrogens with two attached hydrogens (primary N) is 1. The lowest BCUT2D eigenvalue weighted by Gasteiger charge is -2.29. The molecule has 2 heterocycles. The number of benzene rings is 1. The molecule has 2 aromatic rings. The summed E-state index contributed by atoms with van der Waals surface area (Å²) in [7, 11) is 0. The largest absolute Gasteiger partial charge is 0.368 e. The van der Waals surface area contributed by atoms with Gasteiger partial charge in [0.25, 0.3) is 0 Å². The van der Waals surface area contributed by atoms with Crippen LogP contribution in [0.2, 0.25) is 0 Å². The van der Waals surface area contributed by atoms with E-state index >= 15 is 0 Å². The van der Waals surface area contributed by atoms with Gasteiger partial charge in [0.1, 0.15) is 6.04 Å². The topological polar surface area (TPSA) is 101 Å². The van der Waals surface area contributed by atoms with Crippen LogP contribution in [0, 0.1) is 0 Å². The molecule has 6 nitrogen and oxygen atoms in total. The number of primary amides is 1. The highest BCUT2D eigenvalue weighted by Crippen LogP contribution is 2.30. The normalized spacial score (nSPS) is 19.8. The van der Waals surface area contributed by atoms with E-state index in [-0.39, 0.29) is 18.2 Å². The van der Waals surface area contributed by atoms with Gasteiger partial charge in [0.15, 0.2) is 0 Å². The molecule has 4 N–H and O–H groups in total. The zero-order valence-electron chi connectivity index (χ0n) is 15.6. The third-order valence-electron chi connectivity index (χ3n) is 5.12. The summed E-state index contributed by atoms with van der Waals surface area (Å²) in [5, 5.41) is 7.83. The fourth-order valence-corrected chi connectivity index (χ4v) is 4.47. The van der Waals surface area contributed by atoms with Crippen LogP contribution in [0.3, 0.4) is 0 Å². The Balaban J connectivity index is 1.59. The second-order valence-corrected chi connectivity index (χ2v) is 8.33. The van der Waals surface area contributed by atoms with Gasteiger partial charge < -0.3 is 16.4 Å². The number of hydrogen-bond donors (Lipinski definition) is 3. The van der Waals surface area contributed by atoms with E-state index in [1.165, 1.54) is 4.88 Å². The summed E-state index contributed by atoms with van der Waals surface area (Å²) in [4.78, 5) is 37.3. The van der Waals surface area contributed by atoms with E-state index in [4.69, 9.17) is 5.73 Å². The second kappa shape index (κ2) is 9.01. The highest BCUT2D eigenvalue weighted by Gasteiger charge is 2.38. The molecule has 148 valence electrons. The molecule has 0 aliphatic carbocycles. The monoisotopic (exact) mass is 399 g/mol. The van der Waals surface area contributed by atoms with E-state index in [1.807, 2.05) is 47.8 Å². The lowest BCUT2D eigenvalue weighted by atomic mass is 9.87. The molecule has 1 saturated heterocycles. The second-order valence-electron chi connectivity index (χ2n) is 7.30. The predicted octanol–water partition coefficient (Wildman–Crippen LogP) is 1.93. The van der Waals surface area contributed by atoms with Crippen molar-refractivity contribution < 1.29 is 14.4 Å². The lowest BCUT2D eigenvalue weighted by Crippen LogP contribution is -2.48. The lowest BCUT2D eigenvalue weighted by molar-refractivity contribution is -0.127. The van der Waals surface area contributed by atoms with Crippen molar-refractivity contribution >= 4 is 29.1 Å². The Labute approximate surface area is 168 Å². The summed E-state index contributed by atoms with van der Waals surface area (Å²) in [5.41, 5.74) is 6.01. The van der Waals surface area contributed by atoms with Crippen molar-refractivity contribution in [3.63, 3.8) is 0 Å². The van der Waals surface area contributed by atoms with Gasteiger partial charge in [-0.15, -0.1) is 11.3 Å². The molecule has 0 saturated carbocycles. The molecule has 0 spiro atoms. The van der Waals surface area contributed by atoms with E-state index in [2.05, 4.69) is 10.6 Å². The molecule has 3 amide bonds. The Morgan fingerprint density at radius 2 is 2.00 bits per heavy atom.